The molecular formula is C20H19FN2O2S. The second kappa shape index (κ2) is 6.96. The smallest absolute Gasteiger partial charge is 0.262 e. The standard InChI is InChI=1S/C20H19FN2O2S/c1-20(2,3)23-18(24)13-8-9-16-15(10-13)22-19(25)17(26-16)11-12-6-4-5-7-14(12)21/h4-11H,1-3H3,(H,22,25)(H,23,24). The maximum absolute atomic E-state index is 13.8. The number of thioether (sulfide) groups is 1. The van der Waals surface area contributed by atoms with Crippen LogP contribution in [0.1, 0.15) is 36.7 Å². The van der Waals surface area contributed by atoms with Gasteiger partial charge in [-0.15, -0.1) is 0 Å². The van der Waals surface area contributed by atoms with E-state index in [2.05, 4.69) is 10.6 Å². The Kier molecular flexibility index (Phi) is 4.87. The average molecular weight is 370 g/mol. The Hall–Kier alpha value is -2.60. The summed E-state index contributed by atoms with van der Waals surface area (Å²) in [5.74, 6) is -0.903. The molecule has 0 spiro atoms. The largest absolute Gasteiger partial charge is 0.347 e. The third-order valence-electron chi connectivity index (χ3n) is 3.61. The van der Waals surface area contributed by atoms with Crippen LogP contribution < -0.4 is 10.6 Å². The number of benzene rings is 2. The predicted molar refractivity (Wildman–Crippen MR) is 103 cm³/mol. The van der Waals surface area contributed by atoms with Gasteiger partial charge < -0.3 is 10.6 Å². The van der Waals surface area contributed by atoms with Crippen LogP contribution in [0.4, 0.5) is 10.1 Å². The Morgan fingerprint density at radius 2 is 1.92 bits per heavy atom. The minimum Gasteiger partial charge on any atom is -0.347 e. The molecule has 1 heterocycles. The number of nitrogens with one attached hydrogen (secondary N) is 2. The highest BCUT2D eigenvalue weighted by Crippen LogP contribution is 2.39. The van der Waals surface area contributed by atoms with Gasteiger partial charge in [-0.1, -0.05) is 30.0 Å². The molecule has 0 aromatic heterocycles. The van der Waals surface area contributed by atoms with Crippen molar-refractivity contribution in [1.29, 1.82) is 0 Å². The Labute approximate surface area is 155 Å². The number of carbonyl (C=O) groups excluding carboxylic acids is 2. The summed E-state index contributed by atoms with van der Waals surface area (Å²) in [7, 11) is 0. The number of hydrogen-bond acceptors (Lipinski definition) is 3. The lowest BCUT2D eigenvalue weighted by atomic mass is 10.1. The number of carbonyl (C=O) groups is 2. The van der Waals surface area contributed by atoms with Crippen molar-refractivity contribution in [2.45, 2.75) is 31.2 Å². The number of anilines is 1. The summed E-state index contributed by atoms with van der Waals surface area (Å²) in [6.07, 6.45) is 1.53. The van der Waals surface area contributed by atoms with E-state index in [9.17, 15) is 14.0 Å². The van der Waals surface area contributed by atoms with E-state index in [0.29, 0.717) is 21.7 Å². The van der Waals surface area contributed by atoms with Crippen molar-refractivity contribution in [3.8, 4) is 0 Å². The minimum absolute atomic E-state index is 0.202. The summed E-state index contributed by atoms with van der Waals surface area (Å²) in [5.41, 5.74) is 1.06. The third kappa shape index (κ3) is 4.14. The van der Waals surface area contributed by atoms with Gasteiger partial charge in [-0.2, -0.15) is 0 Å². The van der Waals surface area contributed by atoms with Crippen LogP contribution >= 0.6 is 11.8 Å². The zero-order valence-corrected chi connectivity index (χ0v) is 15.5. The zero-order valence-electron chi connectivity index (χ0n) is 14.7. The van der Waals surface area contributed by atoms with E-state index >= 15 is 0 Å². The van der Waals surface area contributed by atoms with Crippen LogP contribution in [0, 0.1) is 5.82 Å². The van der Waals surface area contributed by atoms with Crippen LogP contribution in [0.25, 0.3) is 6.08 Å². The second-order valence-electron chi connectivity index (χ2n) is 7.00. The predicted octanol–water partition coefficient (Wildman–Crippen LogP) is 4.44. The minimum atomic E-state index is -0.381. The first-order chi connectivity index (χ1) is 12.2. The van der Waals surface area contributed by atoms with Gasteiger partial charge >= 0.3 is 0 Å². The van der Waals surface area contributed by atoms with Crippen molar-refractivity contribution in [2.75, 3.05) is 5.32 Å². The molecule has 0 unspecified atom stereocenters. The molecule has 0 atom stereocenters. The summed E-state index contributed by atoms with van der Waals surface area (Å²) in [5, 5.41) is 5.67. The van der Waals surface area contributed by atoms with E-state index in [1.54, 1.807) is 36.4 Å². The maximum Gasteiger partial charge on any atom is 0.262 e. The third-order valence-corrected chi connectivity index (χ3v) is 4.71. The van der Waals surface area contributed by atoms with Crippen molar-refractivity contribution >= 4 is 35.3 Å². The number of fused-ring (bicyclic) bond motifs is 1. The van der Waals surface area contributed by atoms with Crippen LogP contribution in [0.5, 0.6) is 0 Å². The Morgan fingerprint density at radius 1 is 1.19 bits per heavy atom. The summed E-state index contributed by atoms with van der Waals surface area (Å²) >= 11 is 1.25. The fourth-order valence-electron chi connectivity index (χ4n) is 2.45. The highest BCUT2D eigenvalue weighted by molar-refractivity contribution is 8.04. The molecule has 2 aromatic carbocycles. The maximum atomic E-state index is 13.8. The molecule has 4 nitrogen and oxygen atoms in total. The Balaban J connectivity index is 1.87. The van der Waals surface area contributed by atoms with E-state index in [-0.39, 0.29) is 23.2 Å². The van der Waals surface area contributed by atoms with Gasteiger partial charge in [0.25, 0.3) is 11.8 Å². The molecule has 0 radical (unpaired) electrons. The molecule has 2 aromatic rings. The van der Waals surface area contributed by atoms with Gasteiger partial charge in [0.1, 0.15) is 5.82 Å². The molecule has 134 valence electrons. The normalized spacial score (nSPS) is 15.4. The quantitative estimate of drug-likeness (QED) is 0.769. The summed E-state index contributed by atoms with van der Waals surface area (Å²) in [6.45, 7) is 5.71. The highest BCUT2D eigenvalue weighted by atomic mass is 32.2. The number of rotatable bonds is 2. The molecule has 0 aliphatic carbocycles. The van der Waals surface area contributed by atoms with E-state index in [0.717, 1.165) is 4.90 Å². The first-order valence-electron chi connectivity index (χ1n) is 8.15. The van der Waals surface area contributed by atoms with Gasteiger partial charge in [-0.05, 0) is 51.1 Å². The molecule has 0 saturated carbocycles. The van der Waals surface area contributed by atoms with Crippen LogP contribution in [0.15, 0.2) is 52.3 Å². The van der Waals surface area contributed by atoms with Gasteiger partial charge in [-0.3, -0.25) is 9.59 Å². The van der Waals surface area contributed by atoms with Crippen molar-refractivity contribution in [2.24, 2.45) is 0 Å². The van der Waals surface area contributed by atoms with Crippen LogP contribution in [0.3, 0.4) is 0 Å². The second-order valence-corrected chi connectivity index (χ2v) is 8.09. The van der Waals surface area contributed by atoms with E-state index in [4.69, 9.17) is 0 Å². The lowest BCUT2D eigenvalue weighted by Gasteiger charge is -2.22. The lowest BCUT2D eigenvalue weighted by molar-refractivity contribution is -0.112. The van der Waals surface area contributed by atoms with Crippen molar-refractivity contribution in [1.82, 2.24) is 5.32 Å². The molecule has 2 N–H and O–H groups in total. The van der Waals surface area contributed by atoms with Gasteiger partial charge in [0.15, 0.2) is 0 Å². The lowest BCUT2D eigenvalue weighted by Crippen LogP contribution is -2.40. The SMILES string of the molecule is CC(C)(C)NC(=O)c1ccc2c(c1)NC(=O)C(=Cc1ccccc1F)S2. The van der Waals surface area contributed by atoms with E-state index < -0.39 is 0 Å². The monoisotopic (exact) mass is 370 g/mol. The summed E-state index contributed by atoms with van der Waals surface area (Å²) < 4.78 is 13.8. The molecule has 6 heteroatoms. The molecule has 1 aliphatic rings. The fraction of sp³-hybridized carbons (Fsp3) is 0.200. The fourth-order valence-corrected chi connectivity index (χ4v) is 3.37. The van der Waals surface area contributed by atoms with Crippen molar-refractivity contribution < 1.29 is 14.0 Å². The Bertz CT molecular complexity index is 916. The van der Waals surface area contributed by atoms with E-state index in [1.165, 1.54) is 23.9 Å². The van der Waals surface area contributed by atoms with Crippen molar-refractivity contribution in [3.05, 3.63) is 64.3 Å². The number of amides is 2. The molecular weight excluding hydrogens is 351 g/mol. The number of halogens is 1. The molecule has 0 bridgehead atoms. The molecule has 0 fully saturated rings. The molecule has 3 rings (SSSR count). The highest BCUT2D eigenvalue weighted by Gasteiger charge is 2.23. The average Bonchev–Trinajstić information content (AvgIpc) is 2.55. The summed E-state index contributed by atoms with van der Waals surface area (Å²) in [4.78, 5) is 25.8. The first-order valence-corrected chi connectivity index (χ1v) is 8.96. The van der Waals surface area contributed by atoms with Gasteiger partial charge in [0.2, 0.25) is 0 Å². The molecule has 1 aliphatic heterocycles. The Morgan fingerprint density at radius 3 is 2.62 bits per heavy atom. The van der Waals surface area contributed by atoms with Gasteiger partial charge in [-0.25, -0.2) is 4.39 Å². The topological polar surface area (TPSA) is 58.2 Å². The first kappa shape index (κ1) is 18.2. The zero-order chi connectivity index (χ0) is 18.9. The van der Waals surface area contributed by atoms with Crippen LogP contribution in [-0.4, -0.2) is 17.4 Å². The molecule has 2 amide bonds. The summed E-state index contributed by atoms with van der Waals surface area (Å²) in [6, 6.07) is 11.4. The van der Waals surface area contributed by atoms with Gasteiger partial charge in [0, 0.05) is 21.6 Å². The van der Waals surface area contributed by atoms with Gasteiger partial charge in [0.05, 0.1) is 10.6 Å². The van der Waals surface area contributed by atoms with Crippen LogP contribution in [0.2, 0.25) is 0 Å². The number of hydrogen-bond donors (Lipinski definition) is 2. The molecule has 0 saturated heterocycles. The van der Waals surface area contributed by atoms with E-state index in [1.807, 2.05) is 20.8 Å². The van der Waals surface area contributed by atoms with Crippen LogP contribution in [-0.2, 0) is 4.79 Å². The van der Waals surface area contributed by atoms with Crippen molar-refractivity contribution in [3.63, 3.8) is 0 Å². The molecule has 26 heavy (non-hydrogen) atoms.